The molecule has 0 bridgehead atoms. The number of rotatable bonds is 2. The van der Waals surface area contributed by atoms with Crippen LogP contribution in [0.4, 0.5) is 5.69 Å². The van der Waals surface area contributed by atoms with Crippen LogP contribution < -0.4 is 0 Å². The molecule has 3 rings (SSSR count). The summed E-state index contributed by atoms with van der Waals surface area (Å²) in [5.41, 5.74) is 3.11. The summed E-state index contributed by atoms with van der Waals surface area (Å²) in [5.74, 6) is 0. The highest BCUT2D eigenvalue weighted by atomic mass is 35.5. The summed E-state index contributed by atoms with van der Waals surface area (Å²) < 4.78 is 0.801. The van der Waals surface area contributed by atoms with E-state index in [1.165, 1.54) is 17.7 Å². The Labute approximate surface area is 129 Å². The van der Waals surface area contributed by atoms with Gasteiger partial charge in [-0.25, -0.2) is 9.97 Å². The number of hydrogen-bond acceptors (Lipinski definition) is 5. The molecule has 0 aliphatic heterocycles. The average molecular weight is 320 g/mol. The first kappa shape index (κ1) is 13.9. The van der Waals surface area contributed by atoms with Gasteiger partial charge in [0.05, 0.1) is 15.1 Å². The second-order valence-corrected chi connectivity index (χ2v) is 6.22. The fraction of sp³-hybridized carbons (Fsp3) is 0.143. The lowest BCUT2D eigenvalue weighted by molar-refractivity contribution is -0.385. The van der Waals surface area contributed by atoms with Crippen LogP contribution in [0.1, 0.15) is 10.4 Å². The van der Waals surface area contributed by atoms with Gasteiger partial charge in [-0.2, -0.15) is 0 Å². The molecule has 106 valence electrons. The van der Waals surface area contributed by atoms with Crippen molar-refractivity contribution in [2.45, 2.75) is 13.8 Å². The van der Waals surface area contributed by atoms with Gasteiger partial charge >= 0.3 is 0 Å². The zero-order valence-electron chi connectivity index (χ0n) is 11.3. The summed E-state index contributed by atoms with van der Waals surface area (Å²) in [7, 11) is 0. The fourth-order valence-electron chi connectivity index (χ4n) is 2.29. The number of nitro benzene ring substituents is 1. The van der Waals surface area contributed by atoms with Crippen LogP contribution in [0.3, 0.4) is 0 Å². The minimum absolute atomic E-state index is 0.103. The third-order valence-corrected chi connectivity index (χ3v) is 4.80. The Bertz CT molecular complexity index is 876. The Morgan fingerprint density at radius 2 is 2.05 bits per heavy atom. The second-order valence-electron chi connectivity index (χ2n) is 4.63. The van der Waals surface area contributed by atoms with Crippen molar-refractivity contribution in [1.82, 2.24) is 9.97 Å². The van der Waals surface area contributed by atoms with Crippen LogP contribution in [0.5, 0.6) is 0 Å². The highest BCUT2D eigenvalue weighted by Crippen LogP contribution is 2.40. The van der Waals surface area contributed by atoms with Gasteiger partial charge in [0.15, 0.2) is 0 Å². The van der Waals surface area contributed by atoms with Crippen LogP contribution >= 0.6 is 22.9 Å². The van der Waals surface area contributed by atoms with Crippen molar-refractivity contribution in [2.75, 3.05) is 0 Å². The van der Waals surface area contributed by atoms with Gasteiger partial charge in [0.1, 0.15) is 11.5 Å². The van der Waals surface area contributed by atoms with Gasteiger partial charge in [-0.3, -0.25) is 10.1 Å². The summed E-state index contributed by atoms with van der Waals surface area (Å²) >= 11 is 7.58. The first-order valence-electron chi connectivity index (χ1n) is 6.14. The Kier molecular flexibility index (Phi) is 3.35. The Morgan fingerprint density at radius 3 is 2.76 bits per heavy atom. The van der Waals surface area contributed by atoms with Crippen molar-refractivity contribution in [1.29, 1.82) is 0 Å². The number of halogens is 1. The molecule has 0 radical (unpaired) electrons. The van der Waals surface area contributed by atoms with Crippen LogP contribution in [0.2, 0.25) is 5.15 Å². The van der Waals surface area contributed by atoms with E-state index in [0.29, 0.717) is 10.7 Å². The quantitative estimate of drug-likeness (QED) is 0.395. The van der Waals surface area contributed by atoms with Crippen molar-refractivity contribution in [3.63, 3.8) is 0 Å². The SMILES string of the molecule is Cc1ccc(-c2c(C)sc3c(Cl)ncnc23)cc1[N+](=O)[O-]. The molecule has 0 atom stereocenters. The van der Waals surface area contributed by atoms with Crippen LogP contribution in [-0.2, 0) is 0 Å². The summed E-state index contributed by atoms with van der Waals surface area (Å²) in [6, 6.07) is 5.20. The standard InChI is InChI=1S/C14H10ClN3O2S/c1-7-3-4-9(5-10(7)18(19)20)11-8(2)21-13-12(11)16-6-17-14(13)15/h3-6H,1-2H3. The predicted molar refractivity (Wildman–Crippen MR) is 84.0 cm³/mol. The van der Waals surface area contributed by atoms with Crippen LogP contribution in [0.25, 0.3) is 21.3 Å². The van der Waals surface area contributed by atoms with E-state index in [0.717, 1.165) is 26.2 Å². The number of aromatic nitrogens is 2. The number of benzene rings is 1. The number of thiophene rings is 1. The lowest BCUT2D eigenvalue weighted by atomic mass is 10.0. The molecule has 2 heterocycles. The van der Waals surface area contributed by atoms with Crippen molar-refractivity contribution < 1.29 is 4.92 Å². The monoisotopic (exact) mass is 319 g/mol. The molecule has 3 aromatic rings. The Balaban J connectivity index is 2.31. The molecule has 0 spiro atoms. The van der Waals surface area contributed by atoms with E-state index >= 15 is 0 Å². The predicted octanol–water partition coefficient (Wildman–Crippen LogP) is 4.54. The van der Waals surface area contributed by atoms with Gasteiger partial charge in [-0.1, -0.05) is 23.7 Å². The van der Waals surface area contributed by atoms with Gasteiger partial charge in [0, 0.05) is 22.1 Å². The molecule has 5 nitrogen and oxygen atoms in total. The van der Waals surface area contributed by atoms with Crippen LogP contribution in [-0.4, -0.2) is 14.9 Å². The number of hydrogen-bond donors (Lipinski definition) is 0. The highest BCUT2D eigenvalue weighted by molar-refractivity contribution is 7.20. The third-order valence-electron chi connectivity index (χ3n) is 3.30. The summed E-state index contributed by atoms with van der Waals surface area (Å²) in [5, 5.41) is 11.5. The summed E-state index contributed by atoms with van der Waals surface area (Å²) in [6.07, 6.45) is 1.41. The lowest BCUT2D eigenvalue weighted by Gasteiger charge is -2.04. The number of aryl methyl sites for hydroxylation is 2. The fourth-order valence-corrected chi connectivity index (χ4v) is 3.55. The maximum Gasteiger partial charge on any atom is 0.272 e. The van der Waals surface area contributed by atoms with E-state index < -0.39 is 0 Å². The van der Waals surface area contributed by atoms with Crippen molar-refractivity contribution in [3.8, 4) is 11.1 Å². The molecule has 0 unspecified atom stereocenters. The maximum atomic E-state index is 11.1. The Morgan fingerprint density at radius 1 is 1.29 bits per heavy atom. The Hall–Kier alpha value is -2.05. The van der Waals surface area contributed by atoms with Gasteiger partial charge < -0.3 is 0 Å². The van der Waals surface area contributed by atoms with E-state index in [4.69, 9.17) is 11.6 Å². The number of nitrogens with zero attached hydrogens (tertiary/aromatic N) is 3. The summed E-state index contributed by atoms with van der Waals surface area (Å²) in [4.78, 5) is 20.0. The average Bonchev–Trinajstić information content (AvgIpc) is 2.77. The van der Waals surface area contributed by atoms with E-state index in [9.17, 15) is 10.1 Å². The smallest absolute Gasteiger partial charge is 0.258 e. The van der Waals surface area contributed by atoms with E-state index in [2.05, 4.69) is 9.97 Å². The molecular weight excluding hydrogens is 310 g/mol. The van der Waals surface area contributed by atoms with Gasteiger partial charge in [0.25, 0.3) is 5.69 Å². The first-order chi connectivity index (χ1) is 9.99. The van der Waals surface area contributed by atoms with Crippen molar-refractivity contribution >= 4 is 38.8 Å². The molecule has 2 aromatic heterocycles. The second kappa shape index (κ2) is 5.05. The lowest BCUT2D eigenvalue weighted by Crippen LogP contribution is -1.92. The van der Waals surface area contributed by atoms with E-state index in [1.807, 2.05) is 13.0 Å². The summed E-state index contributed by atoms with van der Waals surface area (Å²) in [6.45, 7) is 3.67. The number of fused-ring (bicyclic) bond motifs is 1. The van der Waals surface area contributed by atoms with Crippen LogP contribution in [0, 0.1) is 24.0 Å². The molecular formula is C14H10ClN3O2S. The van der Waals surface area contributed by atoms with Gasteiger partial charge in [-0.15, -0.1) is 11.3 Å². The molecule has 0 amide bonds. The molecule has 0 saturated carbocycles. The minimum atomic E-state index is -0.370. The molecule has 0 fully saturated rings. The molecule has 0 N–H and O–H groups in total. The molecule has 0 aliphatic rings. The first-order valence-corrected chi connectivity index (χ1v) is 7.33. The third kappa shape index (κ3) is 2.26. The zero-order valence-corrected chi connectivity index (χ0v) is 12.8. The molecule has 21 heavy (non-hydrogen) atoms. The largest absolute Gasteiger partial charge is 0.272 e. The molecule has 7 heteroatoms. The maximum absolute atomic E-state index is 11.1. The minimum Gasteiger partial charge on any atom is -0.258 e. The van der Waals surface area contributed by atoms with Crippen molar-refractivity contribution in [3.05, 3.63) is 50.2 Å². The van der Waals surface area contributed by atoms with E-state index in [1.54, 1.807) is 19.1 Å². The van der Waals surface area contributed by atoms with Gasteiger partial charge in [-0.05, 0) is 19.4 Å². The number of nitro groups is 1. The molecule has 0 saturated heterocycles. The topological polar surface area (TPSA) is 68.9 Å². The molecule has 0 aliphatic carbocycles. The zero-order chi connectivity index (χ0) is 15.1. The highest BCUT2D eigenvalue weighted by Gasteiger charge is 2.18. The van der Waals surface area contributed by atoms with Gasteiger partial charge in [0.2, 0.25) is 0 Å². The van der Waals surface area contributed by atoms with Crippen molar-refractivity contribution in [2.24, 2.45) is 0 Å². The normalized spacial score (nSPS) is 11.0. The van der Waals surface area contributed by atoms with E-state index in [-0.39, 0.29) is 10.6 Å². The van der Waals surface area contributed by atoms with Crippen LogP contribution in [0.15, 0.2) is 24.5 Å². The molecule has 1 aromatic carbocycles.